The molecule has 1 aliphatic heterocycles. The highest BCUT2D eigenvalue weighted by Crippen LogP contribution is 2.19. The topological polar surface area (TPSA) is 23.6 Å². The number of benzene rings is 1. The summed E-state index contributed by atoms with van der Waals surface area (Å²) in [5, 5.41) is 0.658. The summed E-state index contributed by atoms with van der Waals surface area (Å²) in [6.07, 6.45) is -2.91. The molecule has 0 saturated carbocycles. The molecule has 18 heavy (non-hydrogen) atoms. The van der Waals surface area contributed by atoms with Crippen LogP contribution in [0.3, 0.4) is 0 Å². The van der Waals surface area contributed by atoms with Crippen molar-refractivity contribution in [3.63, 3.8) is 0 Å². The second-order valence-electron chi connectivity index (χ2n) is 4.09. The number of carbonyl (C=O) groups is 1. The summed E-state index contributed by atoms with van der Waals surface area (Å²) in [4.78, 5) is 14.4. The third kappa shape index (κ3) is 2.90. The van der Waals surface area contributed by atoms with Crippen molar-refractivity contribution in [2.45, 2.75) is 6.43 Å². The molecule has 1 saturated heterocycles. The molecule has 0 N–H and O–H groups in total. The molecule has 0 unspecified atom stereocenters. The molecule has 0 aromatic heterocycles. The number of alkyl halides is 2. The van der Waals surface area contributed by atoms with Crippen molar-refractivity contribution in [1.29, 1.82) is 0 Å². The number of piperazine rings is 1. The standard InChI is InChI=1S/C12H13ClF2N2O/c13-9-1-3-10(4-2-9)16-5-7-17(8-6-16)12(18)11(14)15/h1-4,11H,5-8H2. The Morgan fingerprint density at radius 3 is 2.17 bits per heavy atom. The zero-order valence-corrected chi connectivity index (χ0v) is 10.4. The lowest BCUT2D eigenvalue weighted by atomic mass is 10.2. The molecule has 6 heteroatoms. The fourth-order valence-corrected chi connectivity index (χ4v) is 2.10. The molecule has 98 valence electrons. The molecule has 1 aliphatic rings. The number of nitrogens with zero attached hydrogens (tertiary/aromatic N) is 2. The van der Waals surface area contributed by atoms with E-state index < -0.39 is 12.3 Å². The molecule has 1 heterocycles. The largest absolute Gasteiger partial charge is 0.368 e. The van der Waals surface area contributed by atoms with Crippen LogP contribution in [-0.4, -0.2) is 43.4 Å². The minimum atomic E-state index is -2.91. The van der Waals surface area contributed by atoms with E-state index in [1.165, 1.54) is 4.90 Å². The summed E-state index contributed by atoms with van der Waals surface area (Å²) in [7, 11) is 0. The van der Waals surface area contributed by atoms with Crippen LogP contribution in [-0.2, 0) is 4.79 Å². The molecule has 0 spiro atoms. The van der Waals surface area contributed by atoms with Crippen molar-refractivity contribution < 1.29 is 13.6 Å². The van der Waals surface area contributed by atoms with Crippen molar-refractivity contribution >= 4 is 23.2 Å². The highest BCUT2D eigenvalue weighted by molar-refractivity contribution is 6.30. The molecule has 0 radical (unpaired) electrons. The van der Waals surface area contributed by atoms with Crippen molar-refractivity contribution in [2.24, 2.45) is 0 Å². The maximum Gasteiger partial charge on any atom is 0.315 e. The Labute approximate surface area is 109 Å². The molecule has 1 amide bonds. The number of hydrogen-bond donors (Lipinski definition) is 0. The Bertz CT molecular complexity index is 417. The first-order valence-corrected chi connectivity index (χ1v) is 6.03. The zero-order valence-electron chi connectivity index (χ0n) is 9.65. The average molecular weight is 275 g/mol. The lowest BCUT2D eigenvalue weighted by molar-refractivity contribution is -0.143. The Balaban J connectivity index is 1.94. The Morgan fingerprint density at radius 1 is 1.11 bits per heavy atom. The summed E-state index contributed by atoms with van der Waals surface area (Å²) in [5.41, 5.74) is 0.989. The van der Waals surface area contributed by atoms with Crippen LogP contribution in [0.25, 0.3) is 0 Å². The first kappa shape index (κ1) is 13.1. The van der Waals surface area contributed by atoms with E-state index in [0.717, 1.165) is 5.69 Å². The van der Waals surface area contributed by atoms with Gasteiger partial charge in [-0.3, -0.25) is 4.79 Å². The number of hydrogen-bond acceptors (Lipinski definition) is 2. The van der Waals surface area contributed by atoms with E-state index in [1.807, 2.05) is 17.0 Å². The number of rotatable bonds is 2. The molecular weight excluding hydrogens is 262 g/mol. The molecule has 3 nitrogen and oxygen atoms in total. The normalized spacial score (nSPS) is 16.2. The highest BCUT2D eigenvalue weighted by Gasteiger charge is 2.26. The van der Waals surface area contributed by atoms with Crippen LogP contribution in [0.2, 0.25) is 5.02 Å². The van der Waals surface area contributed by atoms with Gasteiger partial charge in [0.1, 0.15) is 0 Å². The predicted octanol–water partition coefficient (Wildman–Crippen LogP) is 2.25. The first-order chi connectivity index (χ1) is 8.58. The second-order valence-corrected chi connectivity index (χ2v) is 4.53. The van der Waals surface area contributed by atoms with Crippen molar-refractivity contribution in [3.8, 4) is 0 Å². The lowest BCUT2D eigenvalue weighted by Gasteiger charge is -2.35. The quantitative estimate of drug-likeness (QED) is 0.826. The third-order valence-corrected chi connectivity index (χ3v) is 3.22. The monoisotopic (exact) mass is 274 g/mol. The average Bonchev–Trinajstić information content (AvgIpc) is 2.39. The maximum atomic E-state index is 12.3. The van der Waals surface area contributed by atoms with Crippen LogP contribution in [0.5, 0.6) is 0 Å². The molecule has 2 rings (SSSR count). The lowest BCUT2D eigenvalue weighted by Crippen LogP contribution is -2.50. The van der Waals surface area contributed by atoms with Gasteiger partial charge < -0.3 is 9.80 Å². The van der Waals surface area contributed by atoms with Crippen LogP contribution in [0.1, 0.15) is 0 Å². The molecule has 1 aromatic rings. The Kier molecular flexibility index (Phi) is 4.01. The summed E-state index contributed by atoms with van der Waals surface area (Å²) in [5.74, 6) is -1.08. The molecule has 1 aromatic carbocycles. The third-order valence-electron chi connectivity index (χ3n) is 2.97. The molecule has 1 fully saturated rings. The number of anilines is 1. The van der Waals surface area contributed by atoms with Crippen LogP contribution >= 0.6 is 11.6 Å². The first-order valence-electron chi connectivity index (χ1n) is 5.65. The van der Waals surface area contributed by atoms with Crippen molar-refractivity contribution in [3.05, 3.63) is 29.3 Å². The summed E-state index contributed by atoms with van der Waals surface area (Å²) in [6.45, 7) is 1.76. The van der Waals surface area contributed by atoms with E-state index in [-0.39, 0.29) is 0 Å². The van der Waals surface area contributed by atoms with Gasteiger partial charge in [-0.05, 0) is 24.3 Å². The maximum absolute atomic E-state index is 12.3. The predicted molar refractivity (Wildman–Crippen MR) is 66.2 cm³/mol. The molecule has 0 atom stereocenters. The van der Waals surface area contributed by atoms with Crippen LogP contribution < -0.4 is 4.90 Å². The van der Waals surface area contributed by atoms with E-state index >= 15 is 0 Å². The van der Waals surface area contributed by atoms with Crippen LogP contribution in [0, 0.1) is 0 Å². The minimum absolute atomic E-state index is 0.325. The summed E-state index contributed by atoms with van der Waals surface area (Å²) in [6, 6.07) is 7.33. The van der Waals surface area contributed by atoms with Gasteiger partial charge in [-0.2, -0.15) is 8.78 Å². The fraction of sp³-hybridized carbons (Fsp3) is 0.417. The van der Waals surface area contributed by atoms with Gasteiger partial charge >= 0.3 is 6.43 Å². The van der Waals surface area contributed by atoms with E-state index in [1.54, 1.807) is 12.1 Å². The fourth-order valence-electron chi connectivity index (χ4n) is 1.97. The van der Waals surface area contributed by atoms with Gasteiger partial charge in [0.25, 0.3) is 5.91 Å². The Morgan fingerprint density at radius 2 is 1.67 bits per heavy atom. The highest BCUT2D eigenvalue weighted by atomic mass is 35.5. The molecule has 0 bridgehead atoms. The number of halogens is 3. The number of carbonyl (C=O) groups excluding carboxylic acids is 1. The smallest absolute Gasteiger partial charge is 0.315 e. The van der Waals surface area contributed by atoms with Gasteiger partial charge in [-0.15, -0.1) is 0 Å². The van der Waals surface area contributed by atoms with E-state index in [4.69, 9.17) is 11.6 Å². The van der Waals surface area contributed by atoms with Crippen LogP contribution in [0.15, 0.2) is 24.3 Å². The zero-order chi connectivity index (χ0) is 13.1. The van der Waals surface area contributed by atoms with Gasteiger partial charge in [0.2, 0.25) is 0 Å². The molecule has 0 aliphatic carbocycles. The van der Waals surface area contributed by atoms with Gasteiger partial charge in [-0.25, -0.2) is 0 Å². The van der Waals surface area contributed by atoms with Crippen molar-refractivity contribution in [2.75, 3.05) is 31.1 Å². The van der Waals surface area contributed by atoms with Gasteiger partial charge in [0.05, 0.1) is 0 Å². The van der Waals surface area contributed by atoms with Gasteiger partial charge in [0, 0.05) is 36.9 Å². The summed E-state index contributed by atoms with van der Waals surface area (Å²) >= 11 is 5.80. The van der Waals surface area contributed by atoms with Crippen molar-refractivity contribution in [1.82, 2.24) is 4.90 Å². The SMILES string of the molecule is O=C(C(F)F)N1CCN(c2ccc(Cl)cc2)CC1. The second kappa shape index (κ2) is 5.52. The van der Waals surface area contributed by atoms with Crippen LogP contribution in [0.4, 0.5) is 14.5 Å². The van der Waals surface area contributed by atoms with E-state index in [9.17, 15) is 13.6 Å². The van der Waals surface area contributed by atoms with E-state index in [0.29, 0.717) is 31.2 Å². The molecular formula is C12H13ClF2N2O. The Hall–Kier alpha value is -1.36. The minimum Gasteiger partial charge on any atom is -0.368 e. The van der Waals surface area contributed by atoms with Gasteiger partial charge in [-0.1, -0.05) is 11.6 Å². The number of amides is 1. The van der Waals surface area contributed by atoms with E-state index in [2.05, 4.69) is 0 Å². The van der Waals surface area contributed by atoms with Gasteiger partial charge in [0.15, 0.2) is 0 Å². The summed E-state index contributed by atoms with van der Waals surface area (Å²) < 4.78 is 24.5.